The zero-order chi connectivity index (χ0) is 29.7. The Morgan fingerprint density at radius 2 is 0.978 bits per heavy atom. The zero-order valence-corrected chi connectivity index (χ0v) is 25.2. The molecule has 212 valence electrons. The molecule has 0 unspecified atom stereocenters. The van der Waals surface area contributed by atoms with E-state index in [1.807, 2.05) is 23.5 Å². The normalized spacial score (nSPS) is 11.6. The fourth-order valence-electron chi connectivity index (χ4n) is 6.51. The molecule has 0 spiro atoms. The average Bonchev–Trinajstić information content (AvgIpc) is 3.68. The minimum absolute atomic E-state index is 0.885. The number of hydrogen-bond donors (Lipinski definition) is 0. The van der Waals surface area contributed by atoms with Crippen LogP contribution in [-0.2, 0) is 0 Å². The van der Waals surface area contributed by atoms with Gasteiger partial charge in [-0.05, 0) is 70.8 Å². The first-order chi connectivity index (χ1) is 22.3. The largest absolute Gasteiger partial charge is 0.456 e. The van der Waals surface area contributed by atoms with Crippen LogP contribution in [0.4, 0.5) is 17.1 Å². The maximum atomic E-state index is 6.35. The number of anilines is 3. The Hall–Kier alpha value is -5.64. The van der Waals surface area contributed by atoms with E-state index in [2.05, 4.69) is 157 Å². The van der Waals surface area contributed by atoms with Crippen molar-refractivity contribution in [2.75, 3.05) is 4.90 Å². The van der Waals surface area contributed by atoms with E-state index in [-0.39, 0.29) is 0 Å². The van der Waals surface area contributed by atoms with Crippen molar-refractivity contribution in [1.29, 1.82) is 0 Å². The van der Waals surface area contributed by atoms with Gasteiger partial charge in [0.15, 0.2) is 0 Å². The van der Waals surface area contributed by atoms with Crippen LogP contribution in [0.15, 0.2) is 168 Å². The summed E-state index contributed by atoms with van der Waals surface area (Å²) in [7, 11) is 0. The van der Waals surface area contributed by atoms with Crippen molar-refractivity contribution in [3.8, 4) is 22.3 Å². The number of fused-ring (bicyclic) bond motifs is 6. The average molecular weight is 594 g/mol. The highest BCUT2D eigenvalue weighted by atomic mass is 32.1. The van der Waals surface area contributed by atoms with Crippen LogP contribution >= 0.6 is 11.3 Å². The van der Waals surface area contributed by atoms with Gasteiger partial charge in [-0.25, -0.2) is 0 Å². The highest BCUT2D eigenvalue weighted by Crippen LogP contribution is 2.46. The number of para-hydroxylation sites is 1. The van der Waals surface area contributed by atoms with Crippen LogP contribution in [0.3, 0.4) is 0 Å². The van der Waals surface area contributed by atoms with Gasteiger partial charge in [0, 0.05) is 48.4 Å². The predicted molar refractivity (Wildman–Crippen MR) is 192 cm³/mol. The predicted octanol–water partition coefficient (Wildman–Crippen LogP) is 12.8. The molecule has 2 heterocycles. The zero-order valence-electron chi connectivity index (χ0n) is 24.4. The van der Waals surface area contributed by atoms with Crippen LogP contribution in [0.1, 0.15) is 0 Å². The summed E-state index contributed by atoms with van der Waals surface area (Å²) in [5.74, 6) is 0. The summed E-state index contributed by atoms with van der Waals surface area (Å²) in [6.07, 6.45) is 0. The van der Waals surface area contributed by atoms with E-state index in [0.29, 0.717) is 0 Å². The molecule has 0 radical (unpaired) electrons. The molecule has 3 heteroatoms. The van der Waals surface area contributed by atoms with Gasteiger partial charge < -0.3 is 9.32 Å². The van der Waals surface area contributed by atoms with E-state index >= 15 is 0 Å². The Morgan fingerprint density at radius 3 is 1.76 bits per heavy atom. The summed E-state index contributed by atoms with van der Waals surface area (Å²) in [5.41, 5.74) is 9.93. The molecule has 7 aromatic carbocycles. The number of thiophene rings is 1. The molecule has 2 nitrogen and oxygen atoms in total. The Kier molecular flexibility index (Phi) is 6.03. The maximum absolute atomic E-state index is 6.35. The van der Waals surface area contributed by atoms with E-state index in [4.69, 9.17) is 4.42 Å². The van der Waals surface area contributed by atoms with Crippen LogP contribution in [0.25, 0.3) is 64.4 Å². The molecule has 9 rings (SSSR count). The second-order valence-electron chi connectivity index (χ2n) is 11.4. The molecular formula is C42H27NOS. The van der Waals surface area contributed by atoms with Gasteiger partial charge in [-0.15, -0.1) is 11.3 Å². The first-order valence-electron chi connectivity index (χ1n) is 15.2. The molecule has 0 aliphatic carbocycles. The summed E-state index contributed by atoms with van der Waals surface area (Å²) >= 11 is 1.84. The van der Waals surface area contributed by atoms with Crippen molar-refractivity contribution < 1.29 is 4.42 Å². The Bertz CT molecular complexity index is 2470. The topological polar surface area (TPSA) is 16.4 Å². The second kappa shape index (κ2) is 10.5. The lowest BCUT2D eigenvalue weighted by molar-refractivity contribution is 0.669. The summed E-state index contributed by atoms with van der Waals surface area (Å²) in [6.45, 7) is 0. The Morgan fingerprint density at radius 1 is 0.400 bits per heavy atom. The fraction of sp³-hybridized carbons (Fsp3) is 0. The van der Waals surface area contributed by atoms with Crippen molar-refractivity contribution in [1.82, 2.24) is 0 Å². The van der Waals surface area contributed by atoms with Gasteiger partial charge in [-0.1, -0.05) is 109 Å². The second-order valence-corrected chi connectivity index (χ2v) is 12.4. The van der Waals surface area contributed by atoms with E-state index < -0.39 is 0 Å². The summed E-state index contributed by atoms with van der Waals surface area (Å²) < 4.78 is 8.92. The summed E-state index contributed by atoms with van der Waals surface area (Å²) in [5, 5.41) is 4.81. The number of benzene rings is 7. The van der Waals surface area contributed by atoms with E-state index in [0.717, 1.165) is 39.0 Å². The standard InChI is InChI=1S/C42H27NOS/c1-2-9-28(10-3-1)29-17-19-30(20-18-29)31-21-23-32(24-22-31)43(33-25-26-35-34-11-4-6-14-38(34)44-39(35)27-33)37-13-8-16-41-42(37)36-12-5-7-15-40(36)45-41/h1-27H. The van der Waals surface area contributed by atoms with Gasteiger partial charge >= 0.3 is 0 Å². The van der Waals surface area contributed by atoms with Crippen molar-refractivity contribution in [2.24, 2.45) is 0 Å². The monoisotopic (exact) mass is 593 g/mol. The third-order valence-electron chi connectivity index (χ3n) is 8.69. The first kappa shape index (κ1) is 25.8. The van der Waals surface area contributed by atoms with Gasteiger partial charge in [-0.2, -0.15) is 0 Å². The molecule has 9 aromatic rings. The molecule has 45 heavy (non-hydrogen) atoms. The first-order valence-corrected chi connectivity index (χ1v) is 16.0. The lowest BCUT2D eigenvalue weighted by atomic mass is 10.00. The van der Waals surface area contributed by atoms with Gasteiger partial charge in [0.1, 0.15) is 11.2 Å². The van der Waals surface area contributed by atoms with E-state index in [1.54, 1.807) is 0 Å². The van der Waals surface area contributed by atoms with E-state index in [9.17, 15) is 0 Å². The van der Waals surface area contributed by atoms with E-state index in [1.165, 1.54) is 42.4 Å². The number of furan rings is 1. The summed E-state index contributed by atoms with van der Waals surface area (Å²) in [4.78, 5) is 2.37. The molecule has 0 atom stereocenters. The maximum Gasteiger partial charge on any atom is 0.137 e. The van der Waals surface area contributed by atoms with Gasteiger partial charge in [0.25, 0.3) is 0 Å². The van der Waals surface area contributed by atoms with Crippen LogP contribution in [0.5, 0.6) is 0 Å². The van der Waals surface area contributed by atoms with Crippen LogP contribution in [0.2, 0.25) is 0 Å². The third kappa shape index (κ3) is 4.40. The van der Waals surface area contributed by atoms with Gasteiger partial charge in [0.2, 0.25) is 0 Å². The molecule has 0 fully saturated rings. The van der Waals surface area contributed by atoms with Crippen molar-refractivity contribution in [2.45, 2.75) is 0 Å². The number of rotatable bonds is 5. The highest BCUT2D eigenvalue weighted by Gasteiger charge is 2.20. The molecule has 0 N–H and O–H groups in total. The summed E-state index contributed by atoms with van der Waals surface area (Å²) in [6, 6.07) is 58.5. The van der Waals surface area contributed by atoms with Crippen molar-refractivity contribution >= 4 is 70.5 Å². The fourth-order valence-corrected chi connectivity index (χ4v) is 7.64. The Labute approximate surface area is 265 Å². The molecule has 0 saturated carbocycles. The van der Waals surface area contributed by atoms with Gasteiger partial charge in [0.05, 0.1) is 5.69 Å². The minimum Gasteiger partial charge on any atom is -0.456 e. The van der Waals surface area contributed by atoms with Gasteiger partial charge in [-0.3, -0.25) is 0 Å². The molecule has 0 saturated heterocycles. The smallest absolute Gasteiger partial charge is 0.137 e. The SMILES string of the molecule is c1ccc(-c2ccc(-c3ccc(N(c4ccc5c(c4)oc4ccccc45)c4cccc5sc6ccccc6c45)cc3)cc2)cc1. The Balaban J connectivity index is 1.19. The molecule has 0 amide bonds. The van der Waals surface area contributed by atoms with Crippen LogP contribution in [-0.4, -0.2) is 0 Å². The number of nitrogens with zero attached hydrogens (tertiary/aromatic N) is 1. The molecule has 0 bridgehead atoms. The third-order valence-corrected chi connectivity index (χ3v) is 9.83. The van der Waals surface area contributed by atoms with Crippen LogP contribution < -0.4 is 4.90 Å². The highest BCUT2D eigenvalue weighted by molar-refractivity contribution is 7.26. The molecule has 0 aliphatic heterocycles. The lowest BCUT2D eigenvalue weighted by Gasteiger charge is -2.26. The van der Waals surface area contributed by atoms with Crippen LogP contribution in [0, 0.1) is 0 Å². The lowest BCUT2D eigenvalue weighted by Crippen LogP contribution is -2.10. The van der Waals surface area contributed by atoms with Crippen molar-refractivity contribution in [3.63, 3.8) is 0 Å². The quantitative estimate of drug-likeness (QED) is 0.197. The minimum atomic E-state index is 0.885. The molecule has 0 aliphatic rings. The van der Waals surface area contributed by atoms with Crippen molar-refractivity contribution in [3.05, 3.63) is 164 Å². The molecule has 2 aromatic heterocycles. The molecular weight excluding hydrogens is 567 g/mol. The number of hydrogen-bond acceptors (Lipinski definition) is 3.